The van der Waals surface area contributed by atoms with Crippen LogP contribution >= 0.6 is 0 Å². The molecule has 0 aliphatic rings. The third-order valence-corrected chi connectivity index (χ3v) is 3.59. The smallest absolute Gasteiger partial charge is 0.306 e. The van der Waals surface area contributed by atoms with Crippen molar-refractivity contribution >= 4 is 17.0 Å². The van der Waals surface area contributed by atoms with Crippen LogP contribution in [0.1, 0.15) is 46.0 Å². The number of unbranched alkanes of at least 4 members (excludes halogenated alkanes) is 1. The molecule has 0 aromatic carbocycles. The molecule has 2 unspecified atom stereocenters. The Bertz CT molecular complexity index is 231. The molecule has 0 amide bonds. The summed E-state index contributed by atoms with van der Waals surface area (Å²) in [5, 5.41) is 0. The van der Waals surface area contributed by atoms with Crippen LogP contribution in [-0.2, 0) is 24.8 Å². The van der Waals surface area contributed by atoms with Crippen molar-refractivity contribution in [1.82, 2.24) is 0 Å². The van der Waals surface area contributed by atoms with Gasteiger partial charge >= 0.3 is 5.97 Å². The van der Waals surface area contributed by atoms with Gasteiger partial charge in [0.05, 0.1) is 25.9 Å². The highest BCUT2D eigenvalue weighted by molar-refractivity contribution is 7.80. The minimum Gasteiger partial charge on any atom is -0.465 e. The van der Waals surface area contributed by atoms with Crippen molar-refractivity contribution in [1.29, 1.82) is 0 Å². The van der Waals surface area contributed by atoms with E-state index in [4.69, 9.17) is 4.74 Å². The minimum absolute atomic E-state index is 0.157. The fraction of sp³-hybridized carbons (Fsp3) is 0.917. The van der Waals surface area contributed by atoms with Gasteiger partial charge in [0.1, 0.15) is 0 Å². The lowest BCUT2D eigenvalue weighted by Gasteiger charge is -2.14. The highest BCUT2D eigenvalue weighted by Gasteiger charge is 2.11. The van der Waals surface area contributed by atoms with Gasteiger partial charge in [-0.05, 0) is 12.3 Å². The van der Waals surface area contributed by atoms with E-state index in [1.807, 2.05) is 0 Å². The molecule has 4 nitrogen and oxygen atoms in total. The molecule has 5 heteroatoms. The Labute approximate surface area is 107 Å². The van der Waals surface area contributed by atoms with Gasteiger partial charge in [0.15, 0.2) is 11.1 Å². The molecule has 0 aliphatic heterocycles. The monoisotopic (exact) mass is 264 g/mol. The molecule has 102 valence electrons. The molecule has 0 spiro atoms. The first-order chi connectivity index (χ1) is 8.13. The summed E-state index contributed by atoms with van der Waals surface area (Å²) in [6, 6.07) is 0. The number of hydrogen-bond donors (Lipinski definition) is 0. The van der Waals surface area contributed by atoms with Gasteiger partial charge in [0, 0.05) is 0 Å². The maximum atomic E-state index is 11.3. The summed E-state index contributed by atoms with van der Waals surface area (Å²) in [6.45, 7) is 4.74. The Morgan fingerprint density at radius 3 is 2.59 bits per heavy atom. The maximum Gasteiger partial charge on any atom is 0.306 e. The van der Waals surface area contributed by atoms with Gasteiger partial charge in [-0.25, -0.2) is 4.21 Å². The Morgan fingerprint density at radius 2 is 2.06 bits per heavy atom. The topological polar surface area (TPSA) is 52.6 Å². The van der Waals surface area contributed by atoms with Crippen molar-refractivity contribution in [3.05, 3.63) is 0 Å². The lowest BCUT2D eigenvalue weighted by atomic mass is 10.0. The molecular weight excluding hydrogens is 240 g/mol. The third-order valence-electron chi connectivity index (χ3n) is 2.68. The van der Waals surface area contributed by atoms with Gasteiger partial charge in [0.25, 0.3) is 0 Å². The first-order valence-corrected chi connectivity index (χ1v) is 7.46. The average Bonchev–Trinajstić information content (AvgIpc) is 2.36. The third kappa shape index (κ3) is 9.30. The van der Waals surface area contributed by atoms with Crippen molar-refractivity contribution in [2.45, 2.75) is 46.0 Å². The molecule has 0 bridgehead atoms. The van der Waals surface area contributed by atoms with Gasteiger partial charge < -0.3 is 4.74 Å². The summed E-state index contributed by atoms with van der Waals surface area (Å²) < 4.78 is 20.7. The van der Waals surface area contributed by atoms with Crippen LogP contribution in [0.5, 0.6) is 0 Å². The van der Waals surface area contributed by atoms with Crippen molar-refractivity contribution in [2.75, 3.05) is 19.5 Å². The van der Waals surface area contributed by atoms with Crippen molar-refractivity contribution in [2.24, 2.45) is 5.92 Å². The molecular formula is C12H24O4S. The van der Waals surface area contributed by atoms with E-state index < -0.39 is 11.1 Å². The SMILES string of the molecule is CCCCC(CC)COC(=O)CCS(=O)OC. The first kappa shape index (κ1) is 16.6. The Balaban J connectivity index is 3.69. The maximum absolute atomic E-state index is 11.3. The standard InChI is InChI=1S/C12H24O4S/c1-4-6-7-11(5-2)10-16-12(13)8-9-17(14)15-3/h11H,4-10H2,1-3H3. The van der Waals surface area contributed by atoms with E-state index in [-0.39, 0.29) is 18.1 Å². The van der Waals surface area contributed by atoms with Crippen LogP contribution in [0.15, 0.2) is 0 Å². The molecule has 17 heavy (non-hydrogen) atoms. The zero-order chi connectivity index (χ0) is 13.1. The number of carbonyl (C=O) groups is 1. The molecule has 0 aromatic rings. The van der Waals surface area contributed by atoms with E-state index in [9.17, 15) is 9.00 Å². The van der Waals surface area contributed by atoms with Crippen LogP contribution in [0.4, 0.5) is 0 Å². The zero-order valence-corrected chi connectivity index (χ0v) is 11.9. The lowest BCUT2D eigenvalue weighted by Crippen LogP contribution is -2.15. The summed E-state index contributed by atoms with van der Waals surface area (Å²) in [4.78, 5) is 11.3. The minimum atomic E-state index is -1.37. The molecule has 0 saturated heterocycles. The molecule has 0 aliphatic carbocycles. The zero-order valence-electron chi connectivity index (χ0n) is 11.1. The molecule has 0 fully saturated rings. The van der Waals surface area contributed by atoms with Gasteiger partial charge in [-0.1, -0.05) is 33.1 Å². The van der Waals surface area contributed by atoms with Crippen LogP contribution in [0.3, 0.4) is 0 Å². The second-order valence-corrected chi connectivity index (χ2v) is 5.37. The van der Waals surface area contributed by atoms with Crippen molar-refractivity contribution in [3.63, 3.8) is 0 Å². The second-order valence-electron chi connectivity index (χ2n) is 4.02. The van der Waals surface area contributed by atoms with Crippen molar-refractivity contribution in [3.8, 4) is 0 Å². The summed E-state index contributed by atoms with van der Waals surface area (Å²) in [5.41, 5.74) is 0. The molecule has 0 heterocycles. The molecule has 0 saturated carbocycles. The van der Waals surface area contributed by atoms with E-state index in [2.05, 4.69) is 18.0 Å². The average molecular weight is 264 g/mol. The van der Waals surface area contributed by atoms with Crippen LogP contribution in [0.25, 0.3) is 0 Å². The summed E-state index contributed by atoms with van der Waals surface area (Å²) >= 11 is -1.37. The van der Waals surface area contributed by atoms with E-state index in [1.54, 1.807) is 0 Å². The van der Waals surface area contributed by atoms with E-state index in [0.717, 1.165) is 19.3 Å². The number of ether oxygens (including phenoxy) is 1. The van der Waals surface area contributed by atoms with Gasteiger partial charge in [-0.15, -0.1) is 0 Å². The largest absolute Gasteiger partial charge is 0.465 e. The van der Waals surface area contributed by atoms with Crippen LogP contribution in [-0.4, -0.2) is 29.6 Å². The summed E-state index contributed by atoms with van der Waals surface area (Å²) in [5.74, 6) is 0.373. The fourth-order valence-corrected chi connectivity index (χ4v) is 1.93. The number of carbonyl (C=O) groups excluding carboxylic acids is 1. The second kappa shape index (κ2) is 10.7. The Kier molecular flexibility index (Phi) is 10.5. The van der Waals surface area contributed by atoms with E-state index in [1.165, 1.54) is 13.5 Å². The lowest BCUT2D eigenvalue weighted by molar-refractivity contribution is -0.144. The number of esters is 1. The molecule has 0 radical (unpaired) electrons. The number of hydrogen-bond acceptors (Lipinski definition) is 4. The van der Waals surface area contributed by atoms with Gasteiger partial charge in [0.2, 0.25) is 0 Å². The highest BCUT2D eigenvalue weighted by Crippen LogP contribution is 2.13. The summed E-state index contributed by atoms with van der Waals surface area (Å²) in [7, 11) is 1.36. The Morgan fingerprint density at radius 1 is 1.35 bits per heavy atom. The fourth-order valence-electron chi connectivity index (χ4n) is 1.43. The molecule has 2 atom stereocenters. The van der Waals surface area contributed by atoms with Crippen LogP contribution in [0.2, 0.25) is 0 Å². The normalized spacial score (nSPS) is 14.3. The Hall–Kier alpha value is -0.420. The van der Waals surface area contributed by atoms with Crippen LogP contribution in [0, 0.1) is 5.92 Å². The quantitative estimate of drug-likeness (QED) is 0.569. The van der Waals surface area contributed by atoms with E-state index in [0.29, 0.717) is 12.5 Å². The predicted octanol–water partition coefficient (Wildman–Crippen LogP) is 2.45. The van der Waals surface area contributed by atoms with Crippen molar-refractivity contribution < 1.29 is 17.9 Å². The van der Waals surface area contributed by atoms with Gasteiger partial charge in [-0.3, -0.25) is 8.98 Å². The highest BCUT2D eigenvalue weighted by atomic mass is 32.2. The van der Waals surface area contributed by atoms with E-state index >= 15 is 0 Å². The number of rotatable bonds is 10. The molecule has 0 N–H and O–H groups in total. The predicted molar refractivity (Wildman–Crippen MR) is 68.9 cm³/mol. The first-order valence-electron chi connectivity index (χ1n) is 6.22. The molecule has 0 aromatic heterocycles. The van der Waals surface area contributed by atoms with Crippen LogP contribution < -0.4 is 0 Å². The molecule has 0 rings (SSSR count). The summed E-state index contributed by atoms with van der Waals surface area (Å²) in [6.07, 6.45) is 4.62. The van der Waals surface area contributed by atoms with Gasteiger partial charge in [-0.2, -0.15) is 0 Å².